The fraction of sp³-hybridized carbons (Fsp3) is 0.0667. The van der Waals surface area contributed by atoms with Crippen LogP contribution in [0.2, 0.25) is 0 Å². The molecule has 0 aliphatic heterocycles. The monoisotopic (exact) mass is 665 g/mol. The van der Waals surface area contributed by atoms with E-state index in [4.69, 9.17) is 0 Å². The van der Waals surface area contributed by atoms with Gasteiger partial charge in [-0.05, 0) is 0 Å². The van der Waals surface area contributed by atoms with E-state index < -0.39 is 0 Å². The molecule has 1 nitrogen and oxygen atoms in total. The van der Waals surface area contributed by atoms with E-state index >= 15 is 0 Å². The second-order valence-corrected chi connectivity index (χ2v) is 15.6. The van der Waals surface area contributed by atoms with E-state index in [2.05, 4.69) is 170 Å². The summed E-state index contributed by atoms with van der Waals surface area (Å²) < 4.78 is 2.96. The number of rotatable bonds is 3. The zero-order valence-corrected chi connectivity index (χ0v) is 28.0. The Hall–Kier alpha value is -5.14. The number of hydrogen-bond donors (Lipinski definition) is 0. The average Bonchev–Trinajstić information content (AvgIpc) is 3.60. The SMILES string of the molecule is CC1(C)c2ccccc2-c2c(N(c3ccc4ccccc4c3)c3ccc4c(c3)[se]c3c4ccc4ccc5ccccc5c43)cccc21. The van der Waals surface area contributed by atoms with E-state index in [9.17, 15) is 0 Å². The molecule has 0 unspecified atom stereocenters. The summed E-state index contributed by atoms with van der Waals surface area (Å²) in [7, 11) is 0. The predicted octanol–water partition coefficient (Wildman–Crippen LogP) is 12.3. The van der Waals surface area contributed by atoms with Crippen molar-refractivity contribution in [2.75, 3.05) is 4.90 Å². The average molecular weight is 665 g/mol. The van der Waals surface area contributed by atoms with Crippen molar-refractivity contribution < 1.29 is 0 Å². The summed E-state index contributed by atoms with van der Waals surface area (Å²) in [5, 5.41) is 10.7. The minimum absolute atomic E-state index is 0.0660. The third-order valence-corrected chi connectivity index (χ3v) is 12.9. The van der Waals surface area contributed by atoms with Crippen LogP contribution in [0.5, 0.6) is 0 Å². The fourth-order valence-corrected chi connectivity index (χ4v) is 10.9. The van der Waals surface area contributed by atoms with Crippen molar-refractivity contribution in [2.45, 2.75) is 19.3 Å². The van der Waals surface area contributed by atoms with Crippen LogP contribution in [0.1, 0.15) is 25.0 Å². The van der Waals surface area contributed by atoms with Gasteiger partial charge in [-0.3, -0.25) is 0 Å². The molecule has 1 aliphatic carbocycles. The van der Waals surface area contributed by atoms with Crippen LogP contribution in [0.4, 0.5) is 17.1 Å². The number of benzene rings is 8. The maximum absolute atomic E-state index is 2.51. The molecule has 10 rings (SSSR count). The quantitative estimate of drug-likeness (QED) is 0.134. The molecule has 8 aromatic carbocycles. The van der Waals surface area contributed by atoms with Crippen molar-refractivity contribution in [3.63, 3.8) is 0 Å². The second kappa shape index (κ2) is 9.93. The summed E-state index contributed by atoms with van der Waals surface area (Å²) in [6, 6.07) is 56.7. The van der Waals surface area contributed by atoms with Gasteiger partial charge >= 0.3 is 281 Å². The van der Waals surface area contributed by atoms with Gasteiger partial charge in [0.15, 0.2) is 0 Å². The van der Waals surface area contributed by atoms with Gasteiger partial charge < -0.3 is 0 Å². The Bertz CT molecular complexity index is 2730. The van der Waals surface area contributed by atoms with Crippen LogP contribution in [0, 0.1) is 0 Å². The molecule has 2 heteroatoms. The Morgan fingerprint density at radius 1 is 0.489 bits per heavy atom. The molecular weight excluding hydrogens is 633 g/mol. The summed E-state index contributed by atoms with van der Waals surface area (Å²) in [6.45, 7) is 4.73. The van der Waals surface area contributed by atoms with Crippen LogP contribution in [0.3, 0.4) is 0 Å². The molecule has 0 atom stereocenters. The van der Waals surface area contributed by atoms with Gasteiger partial charge in [0.1, 0.15) is 0 Å². The van der Waals surface area contributed by atoms with Gasteiger partial charge in [0.25, 0.3) is 0 Å². The first-order valence-corrected chi connectivity index (χ1v) is 18.1. The van der Waals surface area contributed by atoms with E-state index in [1.165, 1.54) is 90.9 Å². The Balaban J connectivity index is 1.25. The fourth-order valence-electron chi connectivity index (χ4n) is 8.11. The van der Waals surface area contributed by atoms with Crippen molar-refractivity contribution in [2.24, 2.45) is 0 Å². The zero-order chi connectivity index (χ0) is 31.3. The molecule has 0 radical (unpaired) electrons. The molecule has 0 N–H and O–H groups in total. The normalized spacial score (nSPS) is 13.5. The first-order chi connectivity index (χ1) is 23.1. The van der Waals surface area contributed by atoms with Crippen molar-refractivity contribution in [1.29, 1.82) is 0 Å². The van der Waals surface area contributed by atoms with Gasteiger partial charge in [-0.2, -0.15) is 0 Å². The molecule has 9 aromatic rings. The van der Waals surface area contributed by atoms with E-state index in [0.717, 1.165) is 0 Å². The van der Waals surface area contributed by atoms with Gasteiger partial charge in [-0.25, -0.2) is 0 Å². The number of nitrogens with zero attached hydrogens (tertiary/aromatic N) is 1. The van der Waals surface area contributed by atoms with Crippen molar-refractivity contribution in [1.82, 2.24) is 0 Å². The van der Waals surface area contributed by atoms with Crippen LogP contribution in [0.25, 0.3) is 62.7 Å². The van der Waals surface area contributed by atoms with E-state index in [1.54, 1.807) is 0 Å². The first kappa shape index (κ1) is 27.0. The molecule has 1 heterocycles. The Labute approximate surface area is 280 Å². The van der Waals surface area contributed by atoms with Crippen molar-refractivity contribution >= 4 is 83.2 Å². The van der Waals surface area contributed by atoms with E-state index in [0.29, 0.717) is 0 Å². The van der Waals surface area contributed by atoms with Gasteiger partial charge in [0.05, 0.1) is 0 Å². The predicted molar refractivity (Wildman–Crippen MR) is 203 cm³/mol. The molecule has 0 spiro atoms. The van der Waals surface area contributed by atoms with Crippen LogP contribution in [-0.2, 0) is 5.41 Å². The van der Waals surface area contributed by atoms with Crippen LogP contribution in [-0.4, -0.2) is 14.5 Å². The number of hydrogen-bond acceptors (Lipinski definition) is 1. The van der Waals surface area contributed by atoms with Crippen molar-refractivity contribution in [3.8, 4) is 11.1 Å². The molecule has 0 bridgehead atoms. The summed E-state index contributed by atoms with van der Waals surface area (Å²) in [5.74, 6) is 0. The molecule has 0 amide bonds. The molecule has 1 aliphatic rings. The summed E-state index contributed by atoms with van der Waals surface area (Å²) in [6.07, 6.45) is 0. The van der Waals surface area contributed by atoms with Crippen LogP contribution in [0.15, 0.2) is 152 Å². The molecule has 0 saturated heterocycles. The van der Waals surface area contributed by atoms with Gasteiger partial charge in [-0.15, -0.1) is 0 Å². The Morgan fingerprint density at radius 3 is 2.06 bits per heavy atom. The molecule has 0 saturated carbocycles. The van der Waals surface area contributed by atoms with E-state index in [-0.39, 0.29) is 19.9 Å². The van der Waals surface area contributed by atoms with Gasteiger partial charge in [0, 0.05) is 0 Å². The maximum atomic E-state index is 2.51. The Kier molecular flexibility index (Phi) is 5.71. The molecule has 1 aromatic heterocycles. The third kappa shape index (κ3) is 3.90. The van der Waals surface area contributed by atoms with Gasteiger partial charge in [-0.1, -0.05) is 0 Å². The standard InChI is InChI=1S/C45H31NSe/c1-45(2)38-15-8-7-14-37(38)43-39(45)16-9-17-40(43)46(32-22-20-28-10-3-4-12-31(28)26-32)33-23-25-35-36-24-21-30-19-18-29-11-5-6-13-34(29)42(30)44(36)47-41(35)27-33/h3-27H,1-2H3. The number of anilines is 3. The Morgan fingerprint density at radius 2 is 1.15 bits per heavy atom. The third-order valence-electron chi connectivity index (χ3n) is 10.4. The molecular formula is C45H31NSe. The van der Waals surface area contributed by atoms with Crippen LogP contribution < -0.4 is 4.90 Å². The molecule has 0 fully saturated rings. The summed E-state index contributed by atoms with van der Waals surface area (Å²) in [4.78, 5) is 2.51. The van der Waals surface area contributed by atoms with E-state index in [1.807, 2.05) is 0 Å². The van der Waals surface area contributed by atoms with Gasteiger partial charge in [0.2, 0.25) is 0 Å². The first-order valence-electron chi connectivity index (χ1n) is 16.4. The van der Waals surface area contributed by atoms with Crippen molar-refractivity contribution in [3.05, 3.63) is 163 Å². The summed E-state index contributed by atoms with van der Waals surface area (Å²) in [5.41, 5.74) is 9.01. The molecule has 47 heavy (non-hydrogen) atoms. The minimum atomic E-state index is -0.0660. The summed E-state index contributed by atoms with van der Waals surface area (Å²) >= 11 is 0.187. The number of fused-ring (bicyclic) bond motifs is 11. The molecule has 222 valence electrons. The van der Waals surface area contributed by atoms with Crippen LogP contribution >= 0.6 is 0 Å². The topological polar surface area (TPSA) is 3.24 Å². The second-order valence-electron chi connectivity index (χ2n) is 13.3. The zero-order valence-electron chi connectivity index (χ0n) is 26.3.